The Bertz CT molecular complexity index is 309. The second-order valence-corrected chi connectivity index (χ2v) is 3.89. The Hall–Kier alpha value is -1.10. The van der Waals surface area contributed by atoms with Gasteiger partial charge in [0, 0.05) is 13.2 Å². The number of rotatable bonds is 6. The first-order valence-corrected chi connectivity index (χ1v) is 5.46. The molecule has 1 atom stereocenters. The van der Waals surface area contributed by atoms with Crippen LogP contribution in [0.2, 0.25) is 0 Å². The molecule has 0 aromatic carbocycles. The van der Waals surface area contributed by atoms with Gasteiger partial charge in [0.1, 0.15) is 6.10 Å². The highest BCUT2D eigenvalue weighted by atomic mass is 16.5. The number of anilines is 1. The highest BCUT2D eigenvalue weighted by Gasteiger charge is 2.24. The Balaban J connectivity index is 1.96. The third kappa shape index (κ3) is 2.68. The third-order valence-electron chi connectivity index (χ3n) is 2.47. The number of aromatic nitrogens is 2. The number of ether oxygens (including phenoxy) is 1. The van der Waals surface area contributed by atoms with Crippen molar-refractivity contribution < 1.29 is 9.26 Å². The molecule has 1 aliphatic rings. The molecule has 1 saturated carbocycles. The molecule has 2 rings (SSSR count). The molecule has 1 aromatic heterocycles. The van der Waals surface area contributed by atoms with Gasteiger partial charge in [0.25, 0.3) is 0 Å². The van der Waals surface area contributed by atoms with Gasteiger partial charge in [-0.2, -0.15) is 4.98 Å². The summed E-state index contributed by atoms with van der Waals surface area (Å²) in [5.74, 6) is 0.641. The van der Waals surface area contributed by atoms with Gasteiger partial charge in [-0.3, -0.25) is 0 Å². The van der Waals surface area contributed by atoms with Gasteiger partial charge < -0.3 is 14.6 Å². The fraction of sp³-hybridized carbons (Fsp3) is 0.800. The van der Waals surface area contributed by atoms with E-state index in [-0.39, 0.29) is 6.10 Å². The summed E-state index contributed by atoms with van der Waals surface area (Å²) in [6, 6.07) is 1.05. The zero-order valence-electron chi connectivity index (χ0n) is 9.19. The van der Waals surface area contributed by atoms with E-state index in [0.717, 1.165) is 12.8 Å². The van der Waals surface area contributed by atoms with E-state index in [4.69, 9.17) is 9.26 Å². The monoisotopic (exact) mass is 211 g/mol. The molecule has 1 heterocycles. The summed E-state index contributed by atoms with van der Waals surface area (Å²) in [7, 11) is 1.67. The zero-order valence-corrected chi connectivity index (χ0v) is 9.19. The maximum Gasteiger partial charge on any atom is 0.321 e. The van der Waals surface area contributed by atoms with Crippen LogP contribution in [0, 0.1) is 0 Å². The Labute approximate surface area is 89.2 Å². The van der Waals surface area contributed by atoms with Gasteiger partial charge in [-0.25, -0.2) is 0 Å². The van der Waals surface area contributed by atoms with Crippen LogP contribution in [0.5, 0.6) is 0 Å². The van der Waals surface area contributed by atoms with E-state index in [0.29, 0.717) is 17.9 Å². The average Bonchev–Trinajstić information content (AvgIpc) is 2.92. The SMILES string of the molecule is CCCC(OC)c1noc(NC2CC2)n1. The molecule has 5 heteroatoms. The lowest BCUT2D eigenvalue weighted by atomic mass is 10.2. The second-order valence-electron chi connectivity index (χ2n) is 3.89. The van der Waals surface area contributed by atoms with Crippen LogP contribution in [0.1, 0.15) is 44.5 Å². The normalized spacial score (nSPS) is 17.7. The Morgan fingerprint density at radius 3 is 3.00 bits per heavy atom. The van der Waals surface area contributed by atoms with E-state index in [9.17, 15) is 0 Å². The van der Waals surface area contributed by atoms with Crippen molar-refractivity contribution in [1.29, 1.82) is 0 Å². The number of methoxy groups -OCH3 is 1. The van der Waals surface area contributed by atoms with E-state index in [1.54, 1.807) is 7.11 Å². The van der Waals surface area contributed by atoms with Crippen molar-refractivity contribution in [2.45, 2.75) is 44.8 Å². The van der Waals surface area contributed by atoms with Gasteiger partial charge in [0.2, 0.25) is 5.82 Å². The molecule has 15 heavy (non-hydrogen) atoms. The first-order valence-electron chi connectivity index (χ1n) is 5.46. The molecule has 0 saturated heterocycles. The topological polar surface area (TPSA) is 60.2 Å². The minimum atomic E-state index is -0.0477. The van der Waals surface area contributed by atoms with Crippen LogP contribution in [0.3, 0.4) is 0 Å². The lowest BCUT2D eigenvalue weighted by Gasteiger charge is -2.08. The smallest absolute Gasteiger partial charge is 0.321 e. The number of hydrogen-bond acceptors (Lipinski definition) is 5. The summed E-state index contributed by atoms with van der Waals surface area (Å²) >= 11 is 0. The molecule has 0 bridgehead atoms. The Kier molecular flexibility index (Phi) is 3.20. The van der Waals surface area contributed by atoms with Crippen LogP contribution in [-0.2, 0) is 4.74 Å². The van der Waals surface area contributed by atoms with Crippen molar-refractivity contribution >= 4 is 6.01 Å². The molecule has 1 unspecified atom stereocenters. The zero-order chi connectivity index (χ0) is 10.7. The lowest BCUT2D eigenvalue weighted by molar-refractivity contribution is 0.0854. The fourth-order valence-electron chi connectivity index (χ4n) is 1.44. The van der Waals surface area contributed by atoms with Crippen LogP contribution in [0.4, 0.5) is 6.01 Å². The molecule has 0 radical (unpaired) electrons. The van der Waals surface area contributed by atoms with E-state index >= 15 is 0 Å². The van der Waals surface area contributed by atoms with Crippen LogP contribution in [-0.4, -0.2) is 23.3 Å². The maximum atomic E-state index is 5.30. The molecule has 84 valence electrons. The number of hydrogen-bond donors (Lipinski definition) is 1. The Morgan fingerprint density at radius 1 is 1.60 bits per heavy atom. The highest BCUT2D eigenvalue weighted by molar-refractivity contribution is 5.23. The van der Waals surface area contributed by atoms with E-state index < -0.39 is 0 Å². The average molecular weight is 211 g/mol. The summed E-state index contributed by atoms with van der Waals surface area (Å²) in [4.78, 5) is 4.27. The standard InChI is InChI=1S/C10H17N3O2/c1-3-4-8(14-2)9-12-10(15-13-9)11-7-5-6-7/h7-8H,3-6H2,1-2H3,(H,11,12,13). The van der Waals surface area contributed by atoms with Crippen LogP contribution in [0.15, 0.2) is 4.52 Å². The van der Waals surface area contributed by atoms with Crippen molar-refractivity contribution in [2.75, 3.05) is 12.4 Å². The van der Waals surface area contributed by atoms with E-state index in [2.05, 4.69) is 22.4 Å². The van der Waals surface area contributed by atoms with Gasteiger partial charge in [0.05, 0.1) is 0 Å². The van der Waals surface area contributed by atoms with Gasteiger partial charge in [-0.1, -0.05) is 18.5 Å². The number of nitrogens with one attached hydrogen (secondary N) is 1. The molecular weight excluding hydrogens is 194 g/mol. The molecule has 1 aromatic rings. The molecular formula is C10H17N3O2. The van der Waals surface area contributed by atoms with Gasteiger partial charge >= 0.3 is 6.01 Å². The molecule has 1 aliphatic carbocycles. The molecule has 1 fully saturated rings. The largest absolute Gasteiger partial charge is 0.373 e. The van der Waals surface area contributed by atoms with Crippen molar-refractivity contribution in [2.24, 2.45) is 0 Å². The molecule has 0 aliphatic heterocycles. The third-order valence-corrected chi connectivity index (χ3v) is 2.47. The first-order chi connectivity index (χ1) is 7.33. The quantitative estimate of drug-likeness (QED) is 0.781. The summed E-state index contributed by atoms with van der Waals surface area (Å²) < 4.78 is 10.4. The van der Waals surface area contributed by atoms with Gasteiger partial charge in [-0.15, -0.1) is 0 Å². The maximum absolute atomic E-state index is 5.30. The first kappa shape index (κ1) is 10.4. The Morgan fingerprint density at radius 2 is 2.40 bits per heavy atom. The van der Waals surface area contributed by atoms with Gasteiger partial charge in [0.15, 0.2) is 0 Å². The predicted molar refractivity (Wildman–Crippen MR) is 55.6 cm³/mol. The van der Waals surface area contributed by atoms with Crippen LogP contribution < -0.4 is 5.32 Å². The fourth-order valence-corrected chi connectivity index (χ4v) is 1.44. The number of nitrogens with zero attached hydrogens (tertiary/aromatic N) is 2. The summed E-state index contributed by atoms with van der Waals surface area (Å²) in [6.45, 7) is 2.11. The van der Waals surface area contributed by atoms with Gasteiger partial charge in [-0.05, 0) is 19.3 Å². The van der Waals surface area contributed by atoms with Crippen molar-refractivity contribution in [1.82, 2.24) is 10.1 Å². The lowest BCUT2D eigenvalue weighted by Crippen LogP contribution is -2.04. The molecule has 1 N–H and O–H groups in total. The molecule has 0 spiro atoms. The van der Waals surface area contributed by atoms with Crippen LogP contribution >= 0.6 is 0 Å². The van der Waals surface area contributed by atoms with Crippen molar-refractivity contribution in [3.8, 4) is 0 Å². The van der Waals surface area contributed by atoms with E-state index in [1.165, 1.54) is 12.8 Å². The van der Waals surface area contributed by atoms with E-state index in [1.807, 2.05) is 0 Å². The molecule has 5 nitrogen and oxygen atoms in total. The van der Waals surface area contributed by atoms with Crippen molar-refractivity contribution in [3.63, 3.8) is 0 Å². The minimum absolute atomic E-state index is 0.0477. The minimum Gasteiger partial charge on any atom is -0.373 e. The highest BCUT2D eigenvalue weighted by Crippen LogP contribution is 2.25. The summed E-state index contributed by atoms with van der Waals surface area (Å²) in [6.07, 6.45) is 4.30. The second kappa shape index (κ2) is 4.61. The van der Waals surface area contributed by atoms with Crippen LogP contribution in [0.25, 0.3) is 0 Å². The predicted octanol–water partition coefficient (Wildman–Crippen LogP) is 2.13. The van der Waals surface area contributed by atoms with Crippen molar-refractivity contribution in [3.05, 3.63) is 5.82 Å². The summed E-state index contributed by atoms with van der Waals surface area (Å²) in [5, 5.41) is 7.07. The molecule has 0 amide bonds. The summed E-state index contributed by atoms with van der Waals surface area (Å²) in [5.41, 5.74) is 0.